The van der Waals surface area contributed by atoms with Crippen molar-refractivity contribution in [3.05, 3.63) is 29.6 Å². The lowest BCUT2D eigenvalue weighted by molar-refractivity contribution is 0.252. The molecule has 0 heterocycles. The Morgan fingerprint density at radius 2 is 2.20 bits per heavy atom. The molecule has 0 fully saturated rings. The highest BCUT2D eigenvalue weighted by atomic mass is 19.1. The largest absolute Gasteiger partial charge is 0.338 e. The molecule has 0 bridgehead atoms. The Morgan fingerprint density at radius 1 is 1.47 bits per heavy atom. The molecule has 2 amide bonds. The molecule has 3 nitrogen and oxygen atoms in total. The van der Waals surface area contributed by atoms with Gasteiger partial charge < -0.3 is 10.6 Å². The molecular formula is C11H15FN2O. The summed E-state index contributed by atoms with van der Waals surface area (Å²) >= 11 is 0. The van der Waals surface area contributed by atoms with Gasteiger partial charge in [-0.3, -0.25) is 0 Å². The fourth-order valence-corrected chi connectivity index (χ4v) is 1.13. The quantitative estimate of drug-likeness (QED) is 0.791. The topological polar surface area (TPSA) is 41.1 Å². The van der Waals surface area contributed by atoms with Crippen LogP contribution < -0.4 is 10.6 Å². The number of halogens is 1. The molecule has 0 unspecified atom stereocenters. The van der Waals surface area contributed by atoms with Crippen LogP contribution in [0.25, 0.3) is 0 Å². The molecule has 1 aromatic rings. The van der Waals surface area contributed by atoms with Gasteiger partial charge in [0.2, 0.25) is 0 Å². The molecule has 4 heteroatoms. The van der Waals surface area contributed by atoms with Crippen LogP contribution in [0.5, 0.6) is 0 Å². The zero-order chi connectivity index (χ0) is 11.3. The van der Waals surface area contributed by atoms with E-state index in [2.05, 4.69) is 10.6 Å². The average molecular weight is 210 g/mol. The van der Waals surface area contributed by atoms with E-state index in [-0.39, 0.29) is 11.8 Å². The van der Waals surface area contributed by atoms with E-state index in [1.165, 1.54) is 12.1 Å². The van der Waals surface area contributed by atoms with Crippen LogP contribution in [0.3, 0.4) is 0 Å². The lowest BCUT2D eigenvalue weighted by Crippen LogP contribution is -2.29. The van der Waals surface area contributed by atoms with Gasteiger partial charge in [0.25, 0.3) is 0 Å². The van der Waals surface area contributed by atoms with Crippen LogP contribution >= 0.6 is 0 Å². The van der Waals surface area contributed by atoms with E-state index in [1.54, 1.807) is 6.07 Å². The van der Waals surface area contributed by atoms with Crippen molar-refractivity contribution in [3.8, 4) is 0 Å². The lowest BCUT2D eigenvalue weighted by Gasteiger charge is -2.09. The molecule has 15 heavy (non-hydrogen) atoms. The summed E-state index contributed by atoms with van der Waals surface area (Å²) in [5.74, 6) is -0.355. The van der Waals surface area contributed by atoms with E-state index < -0.39 is 0 Å². The molecule has 0 aliphatic heterocycles. The van der Waals surface area contributed by atoms with Crippen LogP contribution in [0.1, 0.15) is 18.9 Å². The predicted molar refractivity (Wildman–Crippen MR) is 58.4 cm³/mol. The Labute approximate surface area is 88.7 Å². The monoisotopic (exact) mass is 210 g/mol. The number of carbonyl (C=O) groups excluding carboxylic acids is 1. The smallest absolute Gasteiger partial charge is 0.319 e. The van der Waals surface area contributed by atoms with Crippen LogP contribution in [0.4, 0.5) is 14.9 Å². The summed E-state index contributed by atoms with van der Waals surface area (Å²) in [5, 5.41) is 5.25. The maximum Gasteiger partial charge on any atom is 0.319 e. The number of nitrogens with one attached hydrogen (secondary N) is 2. The lowest BCUT2D eigenvalue weighted by atomic mass is 10.2. The van der Waals surface area contributed by atoms with Gasteiger partial charge in [-0.05, 0) is 31.0 Å². The third-order valence-electron chi connectivity index (χ3n) is 1.98. The standard InChI is InChI=1S/C11H15FN2O/c1-3-6-13-11(15)14-10-7-9(12)5-4-8(10)2/h4-5,7H,3,6H2,1-2H3,(H2,13,14,15). The number of rotatable bonds is 3. The van der Waals surface area contributed by atoms with Crippen LogP contribution in [-0.2, 0) is 0 Å². The summed E-state index contributed by atoms with van der Waals surface area (Å²) in [6.45, 7) is 4.39. The Balaban J connectivity index is 2.63. The molecular weight excluding hydrogens is 195 g/mol. The van der Waals surface area contributed by atoms with Crippen LogP contribution in [0, 0.1) is 12.7 Å². The van der Waals surface area contributed by atoms with E-state index in [1.807, 2.05) is 13.8 Å². The van der Waals surface area contributed by atoms with Crippen molar-refractivity contribution in [2.45, 2.75) is 20.3 Å². The second-order valence-electron chi connectivity index (χ2n) is 3.34. The highest BCUT2D eigenvalue weighted by Crippen LogP contribution is 2.15. The van der Waals surface area contributed by atoms with Gasteiger partial charge in [-0.25, -0.2) is 9.18 Å². The summed E-state index contributed by atoms with van der Waals surface area (Å²) in [4.78, 5) is 11.3. The molecule has 0 saturated heterocycles. The first kappa shape index (κ1) is 11.5. The van der Waals surface area contributed by atoms with Crippen molar-refractivity contribution < 1.29 is 9.18 Å². The second kappa shape index (κ2) is 5.34. The number of carbonyl (C=O) groups is 1. The van der Waals surface area contributed by atoms with Crippen LogP contribution in [0.2, 0.25) is 0 Å². The van der Waals surface area contributed by atoms with Gasteiger partial charge in [0, 0.05) is 12.2 Å². The molecule has 0 aliphatic rings. The highest BCUT2D eigenvalue weighted by molar-refractivity contribution is 5.89. The van der Waals surface area contributed by atoms with Gasteiger partial charge in [-0.15, -0.1) is 0 Å². The van der Waals surface area contributed by atoms with E-state index in [4.69, 9.17) is 0 Å². The van der Waals surface area contributed by atoms with E-state index in [0.717, 1.165) is 12.0 Å². The van der Waals surface area contributed by atoms with Gasteiger partial charge in [0.05, 0.1) is 0 Å². The molecule has 2 N–H and O–H groups in total. The summed E-state index contributed by atoms with van der Waals surface area (Å²) in [6.07, 6.45) is 0.871. The fourth-order valence-electron chi connectivity index (χ4n) is 1.13. The van der Waals surface area contributed by atoms with Gasteiger partial charge in [-0.2, -0.15) is 0 Å². The van der Waals surface area contributed by atoms with Gasteiger partial charge in [-0.1, -0.05) is 13.0 Å². The molecule has 0 atom stereocenters. The molecule has 1 rings (SSSR count). The molecule has 82 valence electrons. The third kappa shape index (κ3) is 3.58. The summed E-state index contributed by atoms with van der Waals surface area (Å²) in [7, 11) is 0. The Kier molecular flexibility index (Phi) is 4.09. The van der Waals surface area contributed by atoms with Gasteiger partial charge in [0.1, 0.15) is 5.82 Å². The molecule has 0 aromatic heterocycles. The van der Waals surface area contributed by atoms with Crippen molar-refractivity contribution in [2.75, 3.05) is 11.9 Å². The fraction of sp³-hybridized carbons (Fsp3) is 0.364. The van der Waals surface area contributed by atoms with Gasteiger partial charge >= 0.3 is 6.03 Å². The third-order valence-corrected chi connectivity index (χ3v) is 1.98. The number of urea groups is 1. The number of benzene rings is 1. The number of hydrogen-bond donors (Lipinski definition) is 2. The van der Waals surface area contributed by atoms with Crippen molar-refractivity contribution in [3.63, 3.8) is 0 Å². The first-order valence-electron chi connectivity index (χ1n) is 4.94. The second-order valence-corrected chi connectivity index (χ2v) is 3.34. The minimum Gasteiger partial charge on any atom is -0.338 e. The number of hydrogen-bond acceptors (Lipinski definition) is 1. The molecule has 0 aliphatic carbocycles. The minimum absolute atomic E-state index is 0.300. The zero-order valence-electron chi connectivity index (χ0n) is 8.93. The molecule has 0 radical (unpaired) electrons. The Hall–Kier alpha value is -1.58. The summed E-state index contributed by atoms with van der Waals surface area (Å²) < 4.78 is 12.9. The highest BCUT2D eigenvalue weighted by Gasteiger charge is 2.04. The maximum absolute atomic E-state index is 12.9. The number of anilines is 1. The first-order valence-corrected chi connectivity index (χ1v) is 4.94. The van der Waals surface area contributed by atoms with Crippen molar-refractivity contribution in [1.29, 1.82) is 0 Å². The van der Waals surface area contributed by atoms with E-state index >= 15 is 0 Å². The zero-order valence-corrected chi connectivity index (χ0v) is 8.93. The Bertz CT molecular complexity index is 352. The molecule has 0 spiro atoms. The first-order chi connectivity index (χ1) is 7.13. The van der Waals surface area contributed by atoms with E-state index in [9.17, 15) is 9.18 Å². The summed E-state index contributed by atoms with van der Waals surface area (Å²) in [6, 6.07) is 4.00. The van der Waals surface area contributed by atoms with Crippen molar-refractivity contribution in [1.82, 2.24) is 5.32 Å². The molecule has 0 saturated carbocycles. The minimum atomic E-state index is -0.355. The van der Waals surface area contributed by atoms with Crippen LogP contribution in [-0.4, -0.2) is 12.6 Å². The number of aryl methyl sites for hydroxylation is 1. The summed E-state index contributed by atoms with van der Waals surface area (Å²) in [5.41, 5.74) is 1.34. The van der Waals surface area contributed by atoms with Crippen molar-refractivity contribution >= 4 is 11.7 Å². The SMILES string of the molecule is CCCNC(=O)Nc1cc(F)ccc1C. The maximum atomic E-state index is 12.9. The van der Waals surface area contributed by atoms with E-state index in [0.29, 0.717) is 12.2 Å². The average Bonchev–Trinajstić information content (AvgIpc) is 2.20. The van der Waals surface area contributed by atoms with Gasteiger partial charge in [0.15, 0.2) is 0 Å². The predicted octanol–water partition coefficient (Wildman–Crippen LogP) is 2.67. The molecule has 1 aromatic carbocycles. The van der Waals surface area contributed by atoms with Crippen molar-refractivity contribution in [2.24, 2.45) is 0 Å². The number of amides is 2. The normalized spacial score (nSPS) is 9.80. The van der Waals surface area contributed by atoms with Crippen LogP contribution in [0.15, 0.2) is 18.2 Å². The Morgan fingerprint density at radius 3 is 2.87 bits per heavy atom.